The molecule has 0 amide bonds. The molecule has 0 aliphatic heterocycles. The van der Waals surface area contributed by atoms with Crippen LogP contribution in [-0.4, -0.2) is 18.1 Å². The Hall–Kier alpha value is -1.72. The zero-order chi connectivity index (χ0) is 11.4. The van der Waals surface area contributed by atoms with E-state index in [1.807, 2.05) is 0 Å². The van der Waals surface area contributed by atoms with Crippen molar-refractivity contribution >= 4 is 5.97 Å². The zero-order valence-electron chi connectivity index (χ0n) is 7.92. The van der Waals surface area contributed by atoms with Gasteiger partial charge in [0, 0.05) is 18.0 Å². The molecule has 0 aromatic carbocycles. The van der Waals surface area contributed by atoms with Crippen LogP contribution in [0.4, 0.5) is 8.78 Å². The summed E-state index contributed by atoms with van der Waals surface area (Å²) in [5.74, 6) is -0.546. The average molecular weight is 217 g/mol. The minimum atomic E-state index is -2.82. The van der Waals surface area contributed by atoms with Gasteiger partial charge in [-0.1, -0.05) is 0 Å². The molecule has 0 unspecified atom stereocenters. The number of hydrogen-bond acceptors (Lipinski definition) is 3. The number of rotatable bonds is 3. The number of hydrogen-bond donors (Lipinski definition) is 1. The van der Waals surface area contributed by atoms with Crippen molar-refractivity contribution in [2.45, 2.75) is 12.8 Å². The molecule has 1 heterocycles. The normalized spacial score (nSPS) is 10.4. The van der Waals surface area contributed by atoms with Crippen LogP contribution in [-0.2, 0) is 16.0 Å². The molecule has 0 aliphatic rings. The largest absolute Gasteiger partial charge is 0.469 e. The van der Waals surface area contributed by atoms with Crippen molar-refractivity contribution in [1.29, 1.82) is 0 Å². The number of halogens is 2. The Morgan fingerprint density at radius 3 is 2.73 bits per heavy atom. The number of methoxy groups -OCH3 is 1. The molecule has 0 bridgehead atoms. The predicted octanol–water partition coefficient (Wildman–Crippen LogP) is 1.03. The van der Waals surface area contributed by atoms with E-state index >= 15 is 0 Å². The first-order valence-electron chi connectivity index (χ1n) is 4.11. The predicted molar refractivity (Wildman–Crippen MR) is 47.7 cm³/mol. The molecule has 0 saturated heterocycles. The van der Waals surface area contributed by atoms with Gasteiger partial charge in [0.25, 0.3) is 6.43 Å². The number of carbonyl (C=O) groups excluding carboxylic acids is 1. The number of aromatic nitrogens is 1. The molecule has 0 spiro atoms. The van der Waals surface area contributed by atoms with Crippen LogP contribution in [0.5, 0.6) is 0 Å². The quantitative estimate of drug-likeness (QED) is 0.769. The van der Waals surface area contributed by atoms with E-state index in [9.17, 15) is 18.4 Å². The summed E-state index contributed by atoms with van der Waals surface area (Å²) in [7, 11) is 1.20. The molecule has 4 nitrogen and oxygen atoms in total. The lowest BCUT2D eigenvalue weighted by atomic mass is 10.2. The molecule has 6 heteroatoms. The van der Waals surface area contributed by atoms with Gasteiger partial charge in [-0.3, -0.25) is 9.59 Å². The zero-order valence-corrected chi connectivity index (χ0v) is 7.92. The van der Waals surface area contributed by atoms with Gasteiger partial charge in [-0.2, -0.15) is 0 Å². The van der Waals surface area contributed by atoms with Crippen LogP contribution in [0.1, 0.15) is 17.7 Å². The van der Waals surface area contributed by atoms with Gasteiger partial charge in [-0.15, -0.1) is 0 Å². The van der Waals surface area contributed by atoms with E-state index < -0.39 is 23.4 Å². The summed E-state index contributed by atoms with van der Waals surface area (Å²) < 4.78 is 28.7. The van der Waals surface area contributed by atoms with Crippen molar-refractivity contribution in [2.75, 3.05) is 7.11 Å². The molecule has 0 radical (unpaired) electrons. The van der Waals surface area contributed by atoms with E-state index in [1.54, 1.807) is 0 Å². The highest BCUT2D eigenvalue weighted by Gasteiger charge is 2.12. The molecular formula is C9H9F2NO3. The number of ether oxygens (including phenoxy) is 1. The van der Waals surface area contributed by atoms with Crippen LogP contribution in [0, 0.1) is 0 Å². The number of alkyl halides is 2. The SMILES string of the molecule is COC(=O)Cc1cc(=O)c(C(F)F)c[nH]1. The highest BCUT2D eigenvalue weighted by molar-refractivity contribution is 5.71. The van der Waals surface area contributed by atoms with Crippen LogP contribution in [0.15, 0.2) is 17.1 Å². The summed E-state index contributed by atoms with van der Waals surface area (Å²) in [6.45, 7) is 0. The van der Waals surface area contributed by atoms with Crippen molar-refractivity contribution < 1.29 is 18.3 Å². The van der Waals surface area contributed by atoms with Crippen LogP contribution < -0.4 is 5.43 Å². The molecule has 1 N–H and O–H groups in total. The highest BCUT2D eigenvalue weighted by Crippen LogP contribution is 2.13. The van der Waals surface area contributed by atoms with Crippen molar-refractivity contribution in [2.24, 2.45) is 0 Å². The van der Waals surface area contributed by atoms with E-state index in [4.69, 9.17) is 0 Å². The molecule has 1 aromatic rings. The average Bonchev–Trinajstić information content (AvgIpc) is 2.17. The fourth-order valence-corrected chi connectivity index (χ4v) is 1.03. The van der Waals surface area contributed by atoms with Crippen molar-refractivity contribution in [3.8, 4) is 0 Å². The van der Waals surface area contributed by atoms with Gasteiger partial charge >= 0.3 is 5.97 Å². The second-order valence-electron chi connectivity index (χ2n) is 2.83. The maximum absolute atomic E-state index is 12.2. The lowest BCUT2D eigenvalue weighted by Gasteiger charge is -2.02. The molecule has 0 saturated carbocycles. The van der Waals surface area contributed by atoms with Crippen LogP contribution >= 0.6 is 0 Å². The minimum Gasteiger partial charge on any atom is -0.469 e. The minimum absolute atomic E-state index is 0.144. The van der Waals surface area contributed by atoms with Gasteiger partial charge in [0.1, 0.15) is 0 Å². The van der Waals surface area contributed by atoms with Crippen LogP contribution in [0.2, 0.25) is 0 Å². The summed E-state index contributed by atoms with van der Waals surface area (Å²) in [4.78, 5) is 24.4. The second kappa shape index (κ2) is 4.68. The molecule has 15 heavy (non-hydrogen) atoms. The maximum atomic E-state index is 12.2. The van der Waals surface area contributed by atoms with Gasteiger partial charge in [0.2, 0.25) is 0 Å². The Bertz CT molecular complexity index is 414. The molecule has 82 valence electrons. The molecule has 0 aliphatic carbocycles. The smallest absolute Gasteiger partial charge is 0.311 e. The Labute approximate surface area is 83.9 Å². The topological polar surface area (TPSA) is 59.2 Å². The Morgan fingerprint density at radius 2 is 2.27 bits per heavy atom. The number of carbonyl (C=O) groups is 1. The van der Waals surface area contributed by atoms with Crippen molar-refractivity contribution in [3.05, 3.63) is 33.7 Å². The van der Waals surface area contributed by atoms with Gasteiger partial charge < -0.3 is 9.72 Å². The molecule has 1 rings (SSSR count). The summed E-state index contributed by atoms with van der Waals surface area (Å²) in [6.07, 6.45) is -2.05. The number of nitrogens with one attached hydrogen (secondary N) is 1. The first kappa shape index (κ1) is 11.4. The summed E-state index contributed by atoms with van der Waals surface area (Å²) in [6, 6.07) is 0.971. The summed E-state index contributed by atoms with van der Waals surface area (Å²) in [5, 5.41) is 0. The first-order valence-corrected chi connectivity index (χ1v) is 4.11. The monoisotopic (exact) mass is 217 g/mol. The van der Waals surface area contributed by atoms with Gasteiger partial charge in [0.05, 0.1) is 19.1 Å². The van der Waals surface area contributed by atoms with Crippen molar-refractivity contribution in [1.82, 2.24) is 4.98 Å². The van der Waals surface area contributed by atoms with Gasteiger partial charge in [-0.25, -0.2) is 8.78 Å². The standard InChI is InChI=1S/C9H9F2NO3/c1-15-8(14)3-5-2-7(13)6(4-12-5)9(10)11/h2,4,9H,3H2,1H3,(H,12,13). The lowest BCUT2D eigenvalue weighted by molar-refractivity contribution is -0.139. The summed E-state index contributed by atoms with van der Waals surface area (Å²) in [5.41, 5.74) is -1.15. The molecular weight excluding hydrogens is 208 g/mol. The second-order valence-corrected chi connectivity index (χ2v) is 2.83. The van der Waals surface area contributed by atoms with E-state index in [0.717, 1.165) is 12.3 Å². The van der Waals surface area contributed by atoms with E-state index in [-0.39, 0.29) is 12.1 Å². The van der Waals surface area contributed by atoms with Crippen molar-refractivity contribution in [3.63, 3.8) is 0 Å². The summed E-state index contributed by atoms with van der Waals surface area (Å²) >= 11 is 0. The van der Waals surface area contributed by atoms with E-state index in [1.165, 1.54) is 7.11 Å². The fraction of sp³-hybridized carbons (Fsp3) is 0.333. The number of pyridine rings is 1. The highest BCUT2D eigenvalue weighted by atomic mass is 19.3. The Kier molecular flexibility index (Phi) is 3.54. The lowest BCUT2D eigenvalue weighted by Crippen LogP contribution is -2.13. The van der Waals surface area contributed by atoms with E-state index in [0.29, 0.717) is 0 Å². The van der Waals surface area contributed by atoms with Gasteiger partial charge in [0.15, 0.2) is 5.43 Å². The van der Waals surface area contributed by atoms with E-state index in [2.05, 4.69) is 9.72 Å². The number of esters is 1. The Morgan fingerprint density at radius 1 is 1.60 bits per heavy atom. The third-order valence-electron chi connectivity index (χ3n) is 1.80. The van der Waals surface area contributed by atoms with Crippen LogP contribution in [0.25, 0.3) is 0 Å². The first-order chi connectivity index (χ1) is 7.04. The molecule has 1 aromatic heterocycles. The molecule has 0 atom stereocenters. The molecule has 0 fully saturated rings. The Balaban J connectivity index is 2.92. The fourth-order valence-electron chi connectivity index (χ4n) is 1.03. The third-order valence-corrected chi connectivity index (χ3v) is 1.80. The number of H-pyrrole nitrogens is 1. The van der Waals surface area contributed by atoms with Crippen LogP contribution in [0.3, 0.4) is 0 Å². The third kappa shape index (κ3) is 2.87. The van der Waals surface area contributed by atoms with Gasteiger partial charge in [-0.05, 0) is 0 Å². The number of aromatic amines is 1. The maximum Gasteiger partial charge on any atom is 0.311 e.